The first-order valence-corrected chi connectivity index (χ1v) is 6.16. The van der Waals surface area contributed by atoms with E-state index >= 15 is 0 Å². The van der Waals surface area contributed by atoms with Crippen molar-refractivity contribution < 1.29 is 4.79 Å². The summed E-state index contributed by atoms with van der Waals surface area (Å²) in [7, 11) is 0. The average molecular weight is 222 g/mol. The molecule has 1 fully saturated rings. The standard InChI is InChI=1S/C11H14N2OS/c12-9-3-1-2-4-10(9)13-11(14)8-5-6-15-7-8/h1-4,8H,5-7,12H2,(H,13,14). The largest absolute Gasteiger partial charge is 0.397 e. The van der Waals surface area contributed by atoms with Crippen LogP contribution in [0.25, 0.3) is 0 Å². The van der Waals surface area contributed by atoms with Crippen molar-refractivity contribution in [2.75, 3.05) is 22.6 Å². The van der Waals surface area contributed by atoms with E-state index in [4.69, 9.17) is 5.73 Å². The van der Waals surface area contributed by atoms with Gasteiger partial charge in [-0.25, -0.2) is 0 Å². The molecule has 3 N–H and O–H groups in total. The van der Waals surface area contributed by atoms with Crippen LogP contribution in [-0.2, 0) is 4.79 Å². The Hall–Kier alpha value is -1.16. The Morgan fingerprint density at radius 1 is 1.47 bits per heavy atom. The molecule has 1 heterocycles. The normalized spacial score (nSPS) is 20.1. The third kappa shape index (κ3) is 2.45. The van der Waals surface area contributed by atoms with E-state index in [0.29, 0.717) is 5.69 Å². The third-order valence-corrected chi connectivity index (χ3v) is 3.68. The number of para-hydroxylation sites is 2. The highest BCUT2D eigenvalue weighted by Crippen LogP contribution is 2.25. The van der Waals surface area contributed by atoms with Gasteiger partial charge >= 0.3 is 0 Å². The molecular formula is C11H14N2OS. The molecule has 1 aromatic carbocycles. The van der Waals surface area contributed by atoms with Gasteiger partial charge in [-0.3, -0.25) is 4.79 Å². The first-order valence-electron chi connectivity index (χ1n) is 5.00. The molecule has 4 heteroatoms. The predicted octanol–water partition coefficient (Wildman–Crippen LogP) is 1.96. The van der Waals surface area contributed by atoms with E-state index < -0.39 is 0 Å². The van der Waals surface area contributed by atoms with Gasteiger partial charge in [0.05, 0.1) is 11.4 Å². The van der Waals surface area contributed by atoms with Crippen LogP contribution in [0.5, 0.6) is 0 Å². The summed E-state index contributed by atoms with van der Waals surface area (Å²) in [6.07, 6.45) is 0.975. The van der Waals surface area contributed by atoms with Gasteiger partial charge in [-0.2, -0.15) is 11.8 Å². The second-order valence-electron chi connectivity index (χ2n) is 3.64. The van der Waals surface area contributed by atoms with Crippen LogP contribution in [0, 0.1) is 5.92 Å². The number of hydrogen-bond donors (Lipinski definition) is 2. The zero-order valence-electron chi connectivity index (χ0n) is 8.40. The van der Waals surface area contributed by atoms with Crippen molar-refractivity contribution in [1.82, 2.24) is 0 Å². The molecule has 1 atom stereocenters. The molecule has 15 heavy (non-hydrogen) atoms. The van der Waals surface area contributed by atoms with Crippen LogP contribution in [0.2, 0.25) is 0 Å². The number of hydrogen-bond acceptors (Lipinski definition) is 3. The predicted molar refractivity (Wildman–Crippen MR) is 64.9 cm³/mol. The van der Waals surface area contributed by atoms with Crippen LogP contribution < -0.4 is 11.1 Å². The quantitative estimate of drug-likeness (QED) is 0.752. The Bertz CT molecular complexity index is 361. The van der Waals surface area contributed by atoms with Gasteiger partial charge in [-0.05, 0) is 24.3 Å². The molecule has 3 nitrogen and oxygen atoms in total. The van der Waals surface area contributed by atoms with Gasteiger partial charge in [0.15, 0.2) is 0 Å². The molecule has 0 radical (unpaired) electrons. The second-order valence-corrected chi connectivity index (χ2v) is 4.79. The van der Waals surface area contributed by atoms with Gasteiger partial charge in [0, 0.05) is 11.7 Å². The Labute approximate surface area is 93.4 Å². The average Bonchev–Trinajstić information content (AvgIpc) is 2.74. The van der Waals surface area contributed by atoms with Gasteiger partial charge in [0.2, 0.25) is 5.91 Å². The maximum Gasteiger partial charge on any atom is 0.228 e. The highest BCUT2D eigenvalue weighted by atomic mass is 32.2. The number of nitrogen functional groups attached to an aromatic ring is 1. The minimum absolute atomic E-state index is 0.0953. The van der Waals surface area contributed by atoms with Gasteiger partial charge in [0.1, 0.15) is 0 Å². The molecule has 2 rings (SSSR count). The van der Waals surface area contributed by atoms with Crippen molar-refractivity contribution in [1.29, 1.82) is 0 Å². The Balaban J connectivity index is 2.02. The molecule has 1 aliphatic heterocycles. The summed E-state index contributed by atoms with van der Waals surface area (Å²) in [6.45, 7) is 0. The zero-order valence-corrected chi connectivity index (χ0v) is 9.22. The number of nitrogens with one attached hydrogen (secondary N) is 1. The van der Waals surface area contributed by atoms with Crippen LogP contribution in [0.15, 0.2) is 24.3 Å². The second kappa shape index (κ2) is 4.57. The Morgan fingerprint density at radius 2 is 2.27 bits per heavy atom. The number of rotatable bonds is 2. The Kier molecular flexibility index (Phi) is 3.16. The molecule has 0 bridgehead atoms. The van der Waals surface area contributed by atoms with E-state index in [1.807, 2.05) is 30.0 Å². The molecule has 0 aliphatic carbocycles. The maximum absolute atomic E-state index is 11.8. The molecule has 1 aliphatic rings. The molecule has 0 spiro atoms. The topological polar surface area (TPSA) is 55.1 Å². The first-order chi connectivity index (χ1) is 7.27. The summed E-state index contributed by atoms with van der Waals surface area (Å²) in [5, 5.41) is 2.87. The fraction of sp³-hybridized carbons (Fsp3) is 0.364. The lowest BCUT2D eigenvalue weighted by Crippen LogP contribution is -2.22. The lowest BCUT2D eigenvalue weighted by Gasteiger charge is -2.11. The molecule has 1 amide bonds. The fourth-order valence-electron chi connectivity index (χ4n) is 1.59. The number of amides is 1. The number of nitrogens with two attached hydrogens (primary N) is 1. The highest BCUT2D eigenvalue weighted by Gasteiger charge is 2.23. The molecule has 80 valence electrons. The lowest BCUT2D eigenvalue weighted by atomic mass is 10.1. The summed E-state index contributed by atoms with van der Waals surface area (Å²) in [4.78, 5) is 11.8. The van der Waals surface area contributed by atoms with E-state index in [2.05, 4.69) is 5.32 Å². The van der Waals surface area contributed by atoms with Crippen LogP contribution in [0.1, 0.15) is 6.42 Å². The molecule has 0 saturated carbocycles. The van der Waals surface area contributed by atoms with Crippen molar-refractivity contribution in [2.24, 2.45) is 5.92 Å². The van der Waals surface area contributed by atoms with Gasteiger partial charge in [0.25, 0.3) is 0 Å². The van der Waals surface area contributed by atoms with Crippen molar-refractivity contribution >= 4 is 29.0 Å². The van der Waals surface area contributed by atoms with Crippen LogP contribution in [-0.4, -0.2) is 17.4 Å². The fourth-order valence-corrected chi connectivity index (χ4v) is 2.81. The monoisotopic (exact) mass is 222 g/mol. The lowest BCUT2D eigenvalue weighted by molar-refractivity contribution is -0.119. The SMILES string of the molecule is Nc1ccccc1NC(=O)C1CCSC1. The van der Waals surface area contributed by atoms with Gasteiger partial charge in [-0.15, -0.1) is 0 Å². The number of carbonyl (C=O) groups is 1. The van der Waals surface area contributed by atoms with E-state index in [1.165, 1.54) is 0 Å². The van der Waals surface area contributed by atoms with Crippen molar-refractivity contribution in [2.45, 2.75) is 6.42 Å². The maximum atomic E-state index is 11.8. The summed E-state index contributed by atoms with van der Waals surface area (Å²) in [5.74, 6) is 2.26. The van der Waals surface area contributed by atoms with E-state index in [-0.39, 0.29) is 11.8 Å². The minimum atomic E-state index is 0.0953. The molecule has 1 aromatic rings. The Morgan fingerprint density at radius 3 is 2.93 bits per heavy atom. The van der Waals surface area contributed by atoms with E-state index in [1.54, 1.807) is 6.07 Å². The molecule has 0 aromatic heterocycles. The number of benzene rings is 1. The minimum Gasteiger partial charge on any atom is -0.397 e. The van der Waals surface area contributed by atoms with E-state index in [0.717, 1.165) is 23.6 Å². The third-order valence-electron chi connectivity index (χ3n) is 2.52. The number of anilines is 2. The van der Waals surface area contributed by atoms with Crippen molar-refractivity contribution in [3.8, 4) is 0 Å². The molecule has 1 unspecified atom stereocenters. The zero-order chi connectivity index (χ0) is 10.7. The highest BCUT2D eigenvalue weighted by molar-refractivity contribution is 7.99. The molecular weight excluding hydrogens is 208 g/mol. The van der Waals surface area contributed by atoms with Crippen LogP contribution in [0.4, 0.5) is 11.4 Å². The van der Waals surface area contributed by atoms with Crippen LogP contribution in [0.3, 0.4) is 0 Å². The smallest absolute Gasteiger partial charge is 0.228 e. The summed E-state index contributed by atoms with van der Waals surface area (Å²) in [5.41, 5.74) is 7.09. The van der Waals surface area contributed by atoms with Crippen LogP contribution >= 0.6 is 11.8 Å². The number of carbonyl (C=O) groups excluding carboxylic acids is 1. The van der Waals surface area contributed by atoms with Gasteiger partial charge < -0.3 is 11.1 Å². The summed E-state index contributed by atoms with van der Waals surface area (Å²) in [6, 6.07) is 7.35. The first kappa shape index (κ1) is 10.4. The summed E-state index contributed by atoms with van der Waals surface area (Å²) >= 11 is 1.83. The molecule has 1 saturated heterocycles. The van der Waals surface area contributed by atoms with Crippen molar-refractivity contribution in [3.05, 3.63) is 24.3 Å². The van der Waals surface area contributed by atoms with E-state index in [9.17, 15) is 4.79 Å². The van der Waals surface area contributed by atoms with Gasteiger partial charge in [-0.1, -0.05) is 12.1 Å². The summed E-state index contributed by atoms with van der Waals surface area (Å²) < 4.78 is 0. The van der Waals surface area contributed by atoms with Crippen molar-refractivity contribution in [3.63, 3.8) is 0 Å². The number of thioether (sulfide) groups is 1.